The summed E-state index contributed by atoms with van der Waals surface area (Å²) in [7, 11) is 1.95. The molecule has 0 amide bonds. The van der Waals surface area contributed by atoms with Crippen molar-refractivity contribution in [3.8, 4) is 0 Å². The number of pyridine rings is 1. The fourth-order valence-electron chi connectivity index (χ4n) is 4.56. The molecule has 28 heavy (non-hydrogen) atoms. The molecule has 1 atom stereocenters. The molecule has 0 spiro atoms. The van der Waals surface area contributed by atoms with Gasteiger partial charge in [-0.3, -0.25) is 9.88 Å². The highest BCUT2D eigenvalue weighted by atomic mass is 16.3. The summed E-state index contributed by atoms with van der Waals surface area (Å²) < 4.78 is 1.92. The van der Waals surface area contributed by atoms with Crippen LogP contribution in [-0.2, 0) is 13.6 Å². The number of benzene rings is 1. The third-order valence-electron chi connectivity index (χ3n) is 6.06. The van der Waals surface area contributed by atoms with E-state index in [9.17, 15) is 5.11 Å². The van der Waals surface area contributed by atoms with Gasteiger partial charge in [0.1, 0.15) is 11.9 Å². The number of rotatable bonds is 4. The van der Waals surface area contributed by atoms with Gasteiger partial charge in [-0.25, -0.2) is 4.98 Å². The van der Waals surface area contributed by atoms with E-state index in [2.05, 4.69) is 48.9 Å². The van der Waals surface area contributed by atoms with Crippen molar-refractivity contribution in [2.75, 3.05) is 13.1 Å². The van der Waals surface area contributed by atoms with E-state index in [4.69, 9.17) is 4.98 Å². The Balaban J connectivity index is 1.49. The van der Waals surface area contributed by atoms with Crippen LogP contribution in [0.2, 0.25) is 0 Å². The maximum atomic E-state index is 10.7. The molecule has 4 rings (SSSR count). The second-order valence-electron chi connectivity index (χ2n) is 8.36. The maximum Gasteiger partial charge on any atom is 0.137 e. The summed E-state index contributed by atoms with van der Waals surface area (Å²) in [6, 6.07) is 6.71. The molecule has 0 bridgehead atoms. The molecule has 1 fully saturated rings. The van der Waals surface area contributed by atoms with Crippen LogP contribution >= 0.6 is 0 Å². The number of aryl methyl sites for hydroxylation is 4. The van der Waals surface area contributed by atoms with E-state index < -0.39 is 6.10 Å². The molecule has 3 heterocycles. The van der Waals surface area contributed by atoms with Gasteiger partial charge in [-0.05, 0) is 75.9 Å². The molecule has 5 nitrogen and oxygen atoms in total. The lowest BCUT2D eigenvalue weighted by atomic mass is 9.90. The van der Waals surface area contributed by atoms with Gasteiger partial charge in [0.2, 0.25) is 0 Å². The molecule has 0 saturated carbocycles. The Morgan fingerprint density at radius 3 is 2.57 bits per heavy atom. The quantitative estimate of drug-likeness (QED) is 0.749. The smallest absolute Gasteiger partial charge is 0.137 e. The number of fused-ring (bicyclic) bond motifs is 1. The lowest BCUT2D eigenvalue weighted by Gasteiger charge is -2.34. The van der Waals surface area contributed by atoms with Crippen molar-refractivity contribution in [1.82, 2.24) is 19.4 Å². The number of nitrogens with zero attached hydrogens (tertiary/aromatic N) is 4. The predicted molar refractivity (Wildman–Crippen MR) is 112 cm³/mol. The van der Waals surface area contributed by atoms with Crippen LogP contribution in [-0.4, -0.2) is 37.6 Å². The maximum absolute atomic E-state index is 10.7. The van der Waals surface area contributed by atoms with E-state index in [-0.39, 0.29) is 5.92 Å². The molecule has 3 aromatic rings. The molecular weight excluding hydrogens is 348 g/mol. The Labute approximate surface area is 167 Å². The fourth-order valence-corrected chi connectivity index (χ4v) is 4.56. The van der Waals surface area contributed by atoms with Gasteiger partial charge >= 0.3 is 0 Å². The van der Waals surface area contributed by atoms with E-state index in [0.717, 1.165) is 49.5 Å². The highest BCUT2D eigenvalue weighted by Gasteiger charge is 2.28. The van der Waals surface area contributed by atoms with E-state index in [1.165, 1.54) is 22.1 Å². The van der Waals surface area contributed by atoms with Gasteiger partial charge < -0.3 is 9.67 Å². The lowest BCUT2D eigenvalue weighted by Crippen LogP contribution is -2.35. The predicted octanol–water partition coefficient (Wildman–Crippen LogP) is 3.84. The molecule has 1 N–H and O–H groups in total. The van der Waals surface area contributed by atoms with Crippen LogP contribution in [0.5, 0.6) is 0 Å². The van der Waals surface area contributed by atoms with Gasteiger partial charge in [0, 0.05) is 37.1 Å². The summed E-state index contributed by atoms with van der Waals surface area (Å²) >= 11 is 0. The van der Waals surface area contributed by atoms with Crippen molar-refractivity contribution < 1.29 is 5.11 Å². The first kappa shape index (κ1) is 19.1. The average molecular weight is 379 g/mol. The highest BCUT2D eigenvalue weighted by molar-refractivity contribution is 5.86. The number of imidazole rings is 1. The molecule has 1 aromatic carbocycles. The van der Waals surface area contributed by atoms with Crippen LogP contribution < -0.4 is 0 Å². The number of hydrogen-bond donors (Lipinski definition) is 1. The molecule has 1 aliphatic rings. The van der Waals surface area contributed by atoms with Gasteiger partial charge in [-0.1, -0.05) is 11.6 Å². The Morgan fingerprint density at radius 1 is 1.14 bits per heavy atom. The van der Waals surface area contributed by atoms with Gasteiger partial charge in [0.25, 0.3) is 0 Å². The summed E-state index contributed by atoms with van der Waals surface area (Å²) in [5, 5.41) is 12.0. The van der Waals surface area contributed by atoms with Crippen molar-refractivity contribution >= 4 is 10.9 Å². The number of aromatic nitrogens is 3. The number of aliphatic hydroxyl groups excluding tert-OH is 1. The monoisotopic (exact) mass is 378 g/mol. The zero-order valence-electron chi connectivity index (χ0n) is 17.3. The summed E-state index contributed by atoms with van der Waals surface area (Å²) in [4.78, 5) is 11.6. The van der Waals surface area contributed by atoms with Crippen LogP contribution in [0.1, 0.15) is 47.2 Å². The molecule has 1 unspecified atom stereocenters. The fraction of sp³-hybridized carbons (Fsp3) is 0.478. The number of aliphatic hydroxyl groups is 1. The Bertz CT molecular complexity index is 986. The van der Waals surface area contributed by atoms with Crippen LogP contribution in [0.25, 0.3) is 10.9 Å². The zero-order chi connectivity index (χ0) is 19.8. The average Bonchev–Trinajstić information content (AvgIpc) is 3.09. The minimum Gasteiger partial charge on any atom is -0.385 e. The van der Waals surface area contributed by atoms with Crippen LogP contribution in [0.4, 0.5) is 0 Å². The Morgan fingerprint density at radius 2 is 1.89 bits per heavy atom. The van der Waals surface area contributed by atoms with Gasteiger partial charge in [-0.15, -0.1) is 0 Å². The topological polar surface area (TPSA) is 54.2 Å². The Hall–Kier alpha value is -2.24. The van der Waals surface area contributed by atoms with Gasteiger partial charge in [-0.2, -0.15) is 0 Å². The molecule has 1 aliphatic heterocycles. The molecule has 2 aromatic heterocycles. The molecule has 1 saturated heterocycles. The van der Waals surface area contributed by atoms with Crippen LogP contribution in [0.3, 0.4) is 0 Å². The van der Waals surface area contributed by atoms with Crippen molar-refractivity contribution in [2.24, 2.45) is 13.0 Å². The normalized spacial score (nSPS) is 17.3. The van der Waals surface area contributed by atoms with E-state index in [1.807, 2.05) is 17.8 Å². The van der Waals surface area contributed by atoms with Crippen LogP contribution in [0.15, 0.2) is 30.6 Å². The van der Waals surface area contributed by atoms with Crippen molar-refractivity contribution in [1.29, 1.82) is 0 Å². The standard InChI is InChI=1S/C23H30N4O/c1-15-11-16(2)21-20(12-15)19(13-17(3)25-21)14-27-8-5-18(6-9-27)22(28)23-24-7-10-26(23)4/h7,10-13,18,22,28H,5-6,8-9,14H2,1-4H3. The second kappa shape index (κ2) is 7.64. The van der Waals surface area contributed by atoms with Crippen LogP contribution in [0, 0.1) is 26.7 Å². The SMILES string of the molecule is Cc1cc(C)c2nc(C)cc(CN3CCC(C(O)c4nccn4C)CC3)c2c1. The lowest BCUT2D eigenvalue weighted by molar-refractivity contribution is 0.0493. The molecule has 5 heteroatoms. The van der Waals surface area contributed by atoms with E-state index in [0.29, 0.717) is 0 Å². The summed E-state index contributed by atoms with van der Waals surface area (Å²) in [6.45, 7) is 9.32. The molecule has 148 valence electrons. The largest absolute Gasteiger partial charge is 0.385 e. The first-order chi connectivity index (χ1) is 13.4. The number of hydrogen-bond acceptors (Lipinski definition) is 4. The molecule has 0 aliphatic carbocycles. The first-order valence-corrected chi connectivity index (χ1v) is 10.2. The van der Waals surface area contributed by atoms with E-state index in [1.54, 1.807) is 6.20 Å². The molecular formula is C23H30N4O. The van der Waals surface area contributed by atoms with E-state index >= 15 is 0 Å². The zero-order valence-corrected chi connectivity index (χ0v) is 17.3. The third-order valence-corrected chi connectivity index (χ3v) is 6.06. The summed E-state index contributed by atoms with van der Waals surface area (Å²) in [6.07, 6.45) is 5.17. The third kappa shape index (κ3) is 3.69. The number of likely N-dealkylation sites (tertiary alicyclic amines) is 1. The van der Waals surface area contributed by atoms with Crippen molar-refractivity contribution in [3.05, 3.63) is 58.8 Å². The van der Waals surface area contributed by atoms with Crippen molar-refractivity contribution in [3.63, 3.8) is 0 Å². The Kier molecular flexibility index (Phi) is 5.21. The van der Waals surface area contributed by atoms with Crippen molar-refractivity contribution in [2.45, 2.75) is 46.3 Å². The minimum atomic E-state index is -0.476. The number of piperidine rings is 1. The van der Waals surface area contributed by atoms with Gasteiger partial charge in [0.05, 0.1) is 5.52 Å². The van der Waals surface area contributed by atoms with Gasteiger partial charge in [0.15, 0.2) is 0 Å². The summed E-state index contributed by atoms with van der Waals surface area (Å²) in [5.41, 5.74) is 6.10. The second-order valence-corrected chi connectivity index (χ2v) is 8.36. The first-order valence-electron chi connectivity index (χ1n) is 10.2. The highest BCUT2D eigenvalue weighted by Crippen LogP contribution is 2.31. The molecule has 0 radical (unpaired) electrons. The summed E-state index contributed by atoms with van der Waals surface area (Å²) in [5.74, 6) is 1.05. The minimum absolute atomic E-state index is 0.276.